The summed E-state index contributed by atoms with van der Waals surface area (Å²) < 4.78 is 44.5. The molecule has 2 heterocycles. The molecule has 0 bridgehead atoms. The van der Waals surface area contributed by atoms with Gasteiger partial charge in [0.2, 0.25) is 5.95 Å². The van der Waals surface area contributed by atoms with Crippen molar-refractivity contribution in [1.82, 2.24) is 4.98 Å². The quantitative estimate of drug-likeness (QED) is 0.459. The van der Waals surface area contributed by atoms with Crippen LogP contribution in [0.5, 0.6) is 0 Å². The van der Waals surface area contributed by atoms with E-state index in [1.807, 2.05) is 6.92 Å². The number of aromatic nitrogens is 1. The van der Waals surface area contributed by atoms with E-state index >= 15 is 0 Å². The lowest BCUT2D eigenvalue weighted by atomic mass is 9.82. The predicted molar refractivity (Wildman–Crippen MR) is 94.4 cm³/mol. The molecule has 0 unspecified atom stereocenters. The molecule has 0 atom stereocenters. The minimum Gasteiger partial charge on any atom is -0.369 e. The van der Waals surface area contributed by atoms with Gasteiger partial charge in [-0.15, -0.1) is 0 Å². The molecule has 3 rings (SSSR count). The molecule has 1 aliphatic rings. The van der Waals surface area contributed by atoms with Crippen LogP contribution in [0.25, 0.3) is 0 Å². The van der Waals surface area contributed by atoms with Crippen LogP contribution < -0.4 is 15.4 Å². The van der Waals surface area contributed by atoms with Crippen molar-refractivity contribution < 1.29 is 13.2 Å². The van der Waals surface area contributed by atoms with E-state index in [1.54, 1.807) is 4.90 Å². The topological polar surface area (TPSA) is 54.2 Å². The number of benzene rings is 1. The molecule has 1 saturated heterocycles. The van der Waals surface area contributed by atoms with E-state index < -0.39 is 17.6 Å². The molecule has 9 heteroatoms. The van der Waals surface area contributed by atoms with Crippen LogP contribution in [-0.4, -0.2) is 24.6 Å². The first kappa shape index (κ1) is 18.2. The van der Waals surface area contributed by atoms with Crippen LogP contribution in [0.3, 0.4) is 0 Å². The van der Waals surface area contributed by atoms with Crippen molar-refractivity contribution in [2.45, 2.75) is 11.8 Å². The lowest BCUT2D eigenvalue weighted by Gasteiger charge is -2.49. The number of hydrogen-bond donors (Lipinski definition) is 2. The summed E-state index contributed by atoms with van der Waals surface area (Å²) in [6, 6.07) is 5.29. The van der Waals surface area contributed by atoms with E-state index in [9.17, 15) is 13.2 Å². The van der Waals surface area contributed by atoms with Gasteiger partial charge >= 0.3 is 0 Å². The number of halogens is 4. The van der Waals surface area contributed by atoms with E-state index in [2.05, 4.69) is 9.71 Å². The lowest BCUT2D eigenvalue weighted by Crippen LogP contribution is -2.58. The van der Waals surface area contributed by atoms with E-state index in [4.69, 9.17) is 17.3 Å². The van der Waals surface area contributed by atoms with E-state index in [0.29, 0.717) is 37.3 Å². The van der Waals surface area contributed by atoms with Crippen molar-refractivity contribution >= 4 is 35.1 Å². The molecule has 25 heavy (non-hydrogen) atoms. The van der Waals surface area contributed by atoms with Crippen LogP contribution in [0.2, 0.25) is 5.02 Å². The Morgan fingerprint density at radius 1 is 1.36 bits per heavy atom. The van der Waals surface area contributed by atoms with Gasteiger partial charge in [0.15, 0.2) is 5.82 Å². The number of rotatable bonds is 5. The molecule has 1 aliphatic heterocycles. The molecule has 0 amide bonds. The highest BCUT2D eigenvalue weighted by Gasteiger charge is 2.39. The molecular formula is C16H16ClF3N4S. The Bertz CT molecular complexity index is 799. The Balaban J connectivity index is 1.79. The zero-order chi connectivity index (χ0) is 18.2. The Morgan fingerprint density at radius 3 is 2.72 bits per heavy atom. The fraction of sp³-hybridized carbons (Fsp3) is 0.312. The summed E-state index contributed by atoms with van der Waals surface area (Å²) in [7, 11) is 0. The minimum atomic E-state index is -0.869. The first-order chi connectivity index (χ1) is 11.8. The third-order valence-electron chi connectivity index (χ3n) is 4.05. The first-order valence-corrected chi connectivity index (χ1v) is 8.70. The zero-order valence-corrected chi connectivity index (χ0v) is 14.9. The van der Waals surface area contributed by atoms with Gasteiger partial charge in [0, 0.05) is 31.1 Å². The van der Waals surface area contributed by atoms with E-state index in [-0.39, 0.29) is 21.2 Å². The monoisotopic (exact) mass is 388 g/mol. The maximum atomic E-state index is 14.5. The van der Waals surface area contributed by atoms with E-state index in [0.717, 1.165) is 0 Å². The number of nitrogens with two attached hydrogens (primary N) is 1. The van der Waals surface area contributed by atoms with Crippen LogP contribution >= 0.6 is 23.5 Å². The average molecular weight is 389 g/mol. The highest BCUT2D eigenvalue weighted by Crippen LogP contribution is 2.41. The Labute approximate surface area is 152 Å². The number of hydrogen-bond acceptors (Lipinski definition) is 5. The molecule has 0 saturated carbocycles. The van der Waals surface area contributed by atoms with Crippen molar-refractivity contribution in [3.05, 3.63) is 46.9 Å². The molecule has 134 valence electrons. The van der Waals surface area contributed by atoms with Gasteiger partial charge in [0.1, 0.15) is 21.6 Å². The van der Waals surface area contributed by atoms with Crippen LogP contribution in [0.15, 0.2) is 29.2 Å². The van der Waals surface area contributed by atoms with Gasteiger partial charge in [-0.1, -0.05) is 24.6 Å². The van der Waals surface area contributed by atoms with Crippen molar-refractivity contribution in [2.75, 3.05) is 29.3 Å². The number of nitrogens with one attached hydrogen (secondary N) is 1. The predicted octanol–water partition coefficient (Wildman–Crippen LogP) is 4.06. The summed E-state index contributed by atoms with van der Waals surface area (Å²) in [5.74, 6) is -2.18. The van der Waals surface area contributed by atoms with Crippen molar-refractivity contribution in [3.63, 3.8) is 0 Å². The molecule has 1 fully saturated rings. The second-order valence-corrected chi connectivity index (χ2v) is 7.45. The van der Waals surface area contributed by atoms with Crippen LogP contribution in [0.1, 0.15) is 6.92 Å². The standard InChI is InChI=1S/C16H16ClF3N4S/c1-16(6-21)7-24(8-16)10-5-9(18)15(14(20)13(10)17)25-23-12-4-2-3-11(19)22-12/h2-5H,6-8,21H2,1H3,(H,22,23). The van der Waals surface area contributed by atoms with Gasteiger partial charge in [0.05, 0.1) is 5.69 Å². The fourth-order valence-electron chi connectivity index (χ4n) is 2.63. The van der Waals surface area contributed by atoms with Gasteiger partial charge in [-0.25, -0.2) is 13.8 Å². The molecule has 0 aliphatic carbocycles. The summed E-state index contributed by atoms with van der Waals surface area (Å²) >= 11 is 6.74. The fourth-order valence-corrected chi connectivity index (χ4v) is 3.63. The van der Waals surface area contributed by atoms with Crippen LogP contribution in [0, 0.1) is 23.0 Å². The van der Waals surface area contributed by atoms with Crippen LogP contribution in [-0.2, 0) is 0 Å². The molecule has 4 nitrogen and oxygen atoms in total. The van der Waals surface area contributed by atoms with Gasteiger partial charge in [0.25, 0.3) is 0 Å². The normalized spacial score (nSPS) is 15.8. The first-order valence-electron chi connectivity index (χ1n) is 7.51. The molecule has 0 spiro atoms. The van der Waals surface area contributed by atoms with Crippen molar-refractivity contribution in [2.24, 2.45) is 11.1 Å². The van der Waals surface area contributed by atoms with Crippen molar-refractivity contribution in [1.29, 1.82) is 0 Å². The maximum Gasteiger partial charge on any atom is 0.214 e. The van der Waals surface area contributed by atoms with Crippen molar-refractivity contribution in [3.8, 4) is 0 Å². The number of pyridine rings is 1. The summed E-state index contributed by atoms with van der Waals surface area (Å²) in [5.41, 5.74) is 5.91. The molecule has 0 radical (unpaired) electrons. The third-order valence-corrected chi connectivity index (χ3v) is 5.30. The largest absolute Gasteiger partial charge is 0.369 e. The molecule has 1 aromatic carbocycles. The van der Waals surface area contributed by atoms with Gasteiger partial charge < -0.3 is 15.4 Å². The highest BCUT2D eigenvalue weighted by molar-refractivity contribution is 8.00. The van der Waals surface area contributed by atoms with Crippen LogP contribution in [0.4, 0.5) is 24.7 Å². The zero-order valence-electron chi connectivity index (χ0n) is 13.3. The molecule has 2 aromatic rings. The highest BCUT2D eigenvalue weighted by atomic mass is 35.5. The third kappa shape index (κ3) is 3.65. The average Bonchev–Trinajstić information content (AvgIpc) is 2.55. The second kappa shape index (κ2) is 6.93. The van der Waals surface area contributed by atoms with Gasteiger partial charge in [-0.3, -0.25) is 0 Å². The summed E-state index contributed by atoms with van der Waals surface area (Å²) in [5, 5.41) is -0.156. The number of nitrogens with zero attached hydrogens (tertiary/aromatic N) is 2. The Kier molecular flexibility index (Phi) is 5.04. The lowest BCUT2D eigenvalue weighted by molar-refractivity contribution is 0.254. The van der Waals surface area contributed by atoms with Gasteiger partial charge in [-0.05, 0) is 24.1 Å². The summed E-state index contributed by atoms with van der Waals surface area (Å²) in [6.07, 6.45) is 0. The summed E-state index contributed by atoms with van der Waals surface area (Å²) in [6.45, 7) is 3.66. The number of anilines is 2. The molecule has 1 aromatic heterocycles. The maximum absolute atomic E-state index is 14.5. The second-order valence-electron chi connectivity index (χ2n) is 6.26. The smallest absolute Gasteiger partial charge is 0.214 e. The van der Waals surface area contributed by atoms with E-state index in [1.165, 1.54) is 24.3 Å². The summed E-state index contributed by atoms with van der Waals surface area (Å²) in [4.78, 5) is 5.05. The molecule has 3 N–H and O–H groups in total. The Morgan fingerprint density at radius 2 is 2.08 bits per heavy atom. The van der Waals surface area contributed by atoms with Gasteiger partial charge in [-0.2, -0.15) is 4.39 Å². The Hall–Kier alpha value is -1.64. The molecular weight excluding hydrogens is 373 g/mol. The minimum absolute atomic E-state index is 0.0751. The SMILES string of the molecule is CC1(CN)CN(c2cc(F)c(SNc3cccc(F)n3)c(F)c2Cl)C1.